The highest BCUT2D eigenvalue weighted by Crippen LogP contribution is 2.22. The Balaban J connectivity index is 1.88. The summed E-state index contributed by atoms with van der Waals surface area (Å²) in [7, 11) is 1.63. The number of carbonyl (C=O) groups excluding carboxylic acids is 2. The maximum absolute atomic E-state index is 12.2. The molecule has 25 heavy (non-hydrogen) atoms. The molecular weight excluding hydrogens is 372 g/mol. The molecule has 2 saturated heterocycles. The number of carbonyl (C=O) groups is 2. The molecule has 0 spiro atoms. The quantitative estimate of drug-likeness (QED) is 0.659. The van der Waals surface area contributed by atoms with Crippen LogP contribution in [0.4, 0.5) is 4.79 Å². The van der Waals surface area contributed by atoms with E-state index in [1.807, 2.05) is 0 Å². The average molecular weight is 397 g/mol. The van der Waals surface area contributed by atoms with Gasteiger partial charge >= 0.3 is 6.09 Å². The van der Waals surface area contributed by atoms with Crippen molar-refractivity contribution >= 4 is 31.7 Å². The van der Waals surface area contributed by atoms with Gasteiger partial charge in [-0.05, 0) is 20.8 Å². The van der Waals surface area contributed by atoms with Gasteiger partial charge in [0.25, 0.3) is 0 Å². The van der Waals surface area contributed by atoms with Crippen molar-refractivity contribution in [3.63, 3.8) is 0 Å². The van der Waals surface area contributed by atoms with E-state index in [9.17, 15) is 18.0 Å². The van der Waals surface area contributed by atoms with Crippen LogP contribution in [-0.4, -0.2) is 80.5 Å². The first-order valence-electron chi connectivity index (χ1n) is 8.22. The maximum atomic E-state index is 12.2. The number of amides is 2. The molecule has 0 aromatic rings. The van der Waals surface area contributed by atoms with E-state index in [0.717, 1.165) is 0 Å². The summed E-state index contributed by atoms with van der Waals surface area (Å²) in [6, 6.07) is 0. The second-order valence-corrected chi connectivity index (χ2v) is 10.3. The van der Waals surface area contributed by atoms with Gasteiger partial charge in [0.1, 0.15) is 5.60 Å². The molecule has 2 fully saturated rings. The lowest BCUT2D eigenvalue weighted by atomic mass is 10.1. The summed E-state index contributed by atoms with van der Waals surface area (Å²) in [5.41, 5.74) is -0.573. The molecular formula is C15H25ClN2O6S. The Morgan fingerprint density at radius 3 is 2.64 bits per heavy atom. The van der Waals surface area contributed by atoms with Gasteiger partial charge in [0.2, 0.25) is 15.0 Å². The molecule has 0 saturated carbocycles. The van der Waals surface area contributed by atoms with Crippen LogP contribution in [0, 0.1) is 5.92 Å². The Morgan fingerprint density at radius 1 is 1.36 bits per heavy atom. The van der Waals surface area contributed by atoms with E-state index >= 15 is 0 Å². The van der Waals surface area contributed by atoms with Crippen molar-refractivity contribution in [3.8, 4) is 0 Å². The fourth-order valence-electron chi connectivity index (χ4n) is 2.99. The summed E-state index contributed by atoms with van der Waals surface area (Å²) in [5, 5.41) is 0. The van der Waals surface area contributed by atoms with Crippen molar-refractivity contribution < 1.29 is 27.5 Å². The monoisotopic (exact) mass is 396 g/mol. The first kappa shape index (κ1) is 20.3. The molecule has 2 amide bonds. The van der Waals surface area contributed by atoms with E-state index in [2.05, 4.69) is 0 Å². The number of halogens is 1. The summed E-state index contributed by atoms with van der Waals surface area (Å²) in [4.78, 5) is 27.4. The van der Waals surface area contributed by atoms with Crippen molar-refractivity contribution in [2.45, 2.75) is 38.9 Å². The fraction of sp³-hybridized carbons (Fsp3) is 0.867. The van der Waals surface area contributed by atoms with E-state index in [1.165, 1.54) is 0 Å². The topological polar surface area (TPSA) is 93.2 Å². The number of rotatable bonds is 4. The van der Waals surface area contributed by atoms with Gasteiger partial charge in [-0.1, -0.05) is 0 Å². The summed E-state index contributed by atoms with van der Waals surface area (Å²) in [6.07, 6.45) is -0.565. The molecule has 2 heterocycles. The minimum Gasteiger partial charge on any atom is -0.444 e. The maximum Gasteiger partial charge on any atom is 0.410 e. The highest BCUT2D eigenvalue weighted by molar-refractivity contribution is 8.13. The minimum absolute atomic E-state index is 0.122. The third-order valence-electron chi connectivity index (χ3n) is 3.94. The molecule has 0 bridgehead atoms. The molecule has 0 N–H and O–H groups in total. The van der Waals surface area contributed by atoms with Crippen LogP contribution >= 0.6 is 10.7 Å². The Labute approximate surface area is 152 Å². The second kappa shape index (κ2) is 7.67. The van der Waals surface area contributed by atoms with Crippen LogP contribution in [0.25, 0.3) is 0 Å². The van der Waals surface area contributed by atoms with Crippen molar-refractivity contribution in [2.75, 3.05) is 38.5 Å². The first-order valence-corrected chi connectivity index (χ1v) is 10.7. The highest BCUT2D eigenvalue weighted by Gasteiger charge is 2.35. The first-order chi connectivity index (χ1) is 11.4. The molecule has 2 aliphatic heterocycles. The molecule has 1 unspecified atom stereocenters. The lowest BCUT2D eigenvalue weighted by Crippen LogP contribution is -2.51. The van der Waals surface area contributed by atoms with Crippen LogP contribution in [0.3, 0.4) is 0 Å². The van der Waals surface area contributed by atoms with Gasteiger partial charge in [0.15, 0.2) is 0 Å². The number of morpholine rings is 1. The van der Waals surface area contributed by atoms with Crippen LogP contribution in [0.5, 0.6) is 0 Å². The third-order valence-corrected chi connectivity index (χ3v) is 5.19. The molecule has 144 valence electrons. The van der Waals surface area contributed by atoms with Crippen molar-refractivity contribution in [3.05, 3.63) is 0 Å². The standard InChI is InChI=1S/C15H25ClN2O6S/c1-15(2,3)24-14(20)17-4-5-23-12(8-17)9-18-7-11(6-13(18)19)10-25(16,21)22/h11-12H,4-10H2,1-3H3/t11?,12-/m0/s1. The van der Waals surface area contributed by atoms with Crippen molar-refractivity contribution in [2.24, 2.45) is 5.92 Å². The Kier molecular flexibility index (Phi) is 6.22. The van der Waals surface area contributed by atoms with E-state index in [1.54, 1.807) is 30.6 Å². The predicted molar refractivity (Wildman–Crippen MR) is 91.9 cm³/mol. The average Bonchev–Trinajstić information content (AvgIpc) is 2.74. The van der Waals surface area contributed by atoms with Crippen LogP contribution < -0.4 is 0 Å². The largest absolute Gasteiger partial charge is 0.444 e. The molecule has 2 atom stereocenters. The molecule has 2 rings (SSSR count). The summed E-state index contributed by atoms with van der Waals surface area (Å²) < 4.78 is 33.4. The van der Waals surface area contributed by atoms with Gasteiger partial charge in [0, 0.05) is 42.7 Å². The lowest BCUT2D eigenvalue weighted by Gasteiger charge is -2.35. The third kappa shape index (κ3) is 6.63. The summed E-state index contributed by atoms with van der Waals surface area (Å²) in [6.45, 7) is 7.19. The number of nitrogens with zero attached hydrogens (tertiary/aromatic N) is 2. The summed E-state index contributed by atoms with van der Waals surface area (Å²) >= 11 is 0. The zero-order chi connectivity index (χ0) is 18.8. The Hall–Kier alpha value is -1.06. The Morgan fingerprint density at radius 2 is 2.04 bits per heavy atom. The van der Waals surface area contributed by atoms with Crippen molar-refractivity contribution in [1.29, 1.82) is 0 Å². The molecule has 0 radical (unpaired) electrons. The van der Waals surface area contributed by atoms with Gasteiger partial charge in [0.05, 0.1) is 25.0 Å². The normalized spacial score (nSPS) is 25.4. The molecule has 0 aromatic heterocycles. The van der Waals surface area contributed by atoms with E-state index in [-0.39, 0.29) is 30.1 Å². The molecule has 0 aromatic carbocycles. The van der Waals surface area contributed by atoms with E-state index < -0.39 is 20.7 Å². The summed E-state index contributed by atoms with van der Waals surface area (Å²) in [5.74, 6) is -0.643. The van der Waals surface area contributed by atoms with Gasteiger partial charge in [-0.25, -0.2) is 13.2 Å². The predicted octanol–water partition coefficient (Wildman–Crippen LogP) is 1.04. The fourth-order valence-corrected chi connectivity index (χ4v) is 4.31. The van der Waals surface area contributed by atoms with Crippen LogP contribution in [0.1, 0.15) is 27.2 Å². The lowest BCUT2D eigenvalue weighted by molar-refractivity contribution is -0.130. The zero-order valence-electron chi connectivity index (χ0n) is 14.7. The van der Waals surface area contributed by atoms with E-state index in [4.69, 9.17) is 20.2 Å². The van der Waals surface area contributed by atoms with Gasteiger partial charge in [-0.2, -0.15) is 0 Å². The molecule has 2 aliphatic rings. The smallest absolute Gasteiger partial charge is 0.410 e. The second-order valence-electron chi connectivity index (χ2n) is 7.49. The van der Waals surface area contributed by atoms with E-state index in [0.29, 0.717) is 32.8 Å². The molecule has 0 aliphatic carbocycles. The number of ether oxygens (including phenoxy) is 2. The van der Waals surface area contributed by atoms with Crippen LogP contribution in [0.2, 0.25) is 0 Å². The zero-order valence-corrected chi connectivity index (χ0v) is 16.3. The van der Waals surface area contributed by atoms with Gasteiger partial charge in [-0.3, -0.25) is 4.79 Å². The Bertz CT molecular complexity index is 618. The number of likely N-dealkylation sites (tertiary alicyclic amines) is 1. The van der Waals surface area contributed by atoms with Crippen LogP contribution in [-0.2, 0) is 23.3 Å². The number of hydrogen-bond donors (Lipinski definition) is 0. The van der Waals surface area contributed by atoms with Gasteiger partial charge in [-0.15, -0.1) is 0 Å². The van der Waals surface area contributed by atoms with Crippen LogP contribution in [0.15, 0.2) is 0 Å². The molecule has 8 nitrogen and oxygen atoms in total. The van der Waals surface area contributed by atoms with Gasteiger partial charge < -0.3 is 19.3 Å². The highest BCUT2D eigenvalue weighted by atomic mass is 35.7. The SMILES string of the molecule is CC(C)(C)OC(=O)N1CCO[C@H](CN2CC(CS(=O)(=O)Cl)CC2=O)C1. The van der Waals surface area contributed by atoms with Crippen molar-refractivity contribution in [1.82, 2.24) is 9.80 Å². The molecule has 10 heteroatoms. The minimum atomic E-state index is -3.63. The number of hydrogen-bond acceptors (Lipinski definition) is 6.